The Bertz CT molecular complexity index is 399. The third kappa shape index (κ3) is 3.44. The Balaban J connectivity index is 1.62. The number of ether oxygens (including phenoxy) is 1. The Labute approximate surface area is 126 Å². The molecule has 1 aromatic rings. The number of hydrogen-bond donors (Lipinski definition) is 1. The van der Waals surface area contributed by atoms with Gasteiger partial charge in [-0.25, -0.2) is 0 Å². The lowest BCUT2D eigenvalue weighted by molar-refractivity contribution is 0.0999. The molecule has 2 heterocycles. The Kier molecular flexibility index (Phi) is 5.14. The van der Waals surface area contributed by atoms with Gasteiger partial charge in [-0.1, -0.05) is 6.42 Å². The molecule has 2 aliphatic rings. The Hall–Kier alpha value is -0.380. The van der Waals surface area contributed by atoms with Gasteiger partial charge in [-0.2, -0.15) is 0 Å². The molecule has 1 N–H and O–H groups in total. The van der Waals surface area contributed by atoms with E-state index >= 15 is 0 Å². The van der Waals surface area contributed by atoms with Crippen molar-refractivity contribution in [2.75, 3.05) is 13.7 Å². The molecule has 1 aromatic heterocycles. The first-order chi connectivity index (χ1) is 9.86. The fourth-order valence-corrected chi connectivity index (χ4v) is 4.92. The summed E-state index contributed by atoms with van der Waals surface area (Å²) >= 11 is 2.06. The first kappa shape index (κ1) is 14.6. The zero-order valence-electron chi connectivity index (χ0n) is 12.6. The largest absolute Gasteiger partial charge is 0.378 e. The second kappa shape index (κ2) is 7.06. The first-order valence-corrected chi connectivity index (χ1v) is 9.09. The summed E-state index contributed by atoms with van der Waals surface area (Å²) in [6.45, 7) is 0.974. The van der Waals surface area contributed by atoms with Crippen molar-refractivity contribution >= 4 is 11.3 Å². The molecule has 1 aliphatic heterocycles. The third-order valence-corrected chi connectivity index (χ3v) is 6.11. The molecule has 112 valence electrons. The van der Waals surface area contributed by atoms with Gasteiger partial charge in [0.1, 0.15) is 0 Å². The van der Waals surface area contributed by atoms with Crippen LogP contribution in [0.25, 0.3) is 0 Å². The van der Waals surface area contributed by atoms with Crippen LogP contribution in [0.3, 0.4) is 0 Å². The molecule has 0 saturated carbocycles. The molecule has 3 rings (SSSR count). The molecule has 0 spiro atoms. The van der Waals surface area contributed by atoms with Crippen LogP contribution in [-0.2, 0) is 17.6 Å². The van der Waals surface area contributed by atoms with Gasteiger partial charge in [0.25, 0.3) is 0 Å². The van der Waals surface area contributed by atoms with E-state index < -0.39 is 0 Å². The quantitative estimate of drug-likeness (QED) is 0.820. The van der Waals surface area contributed by atoms with Crippen molar-refractivity contribution in [1.82, 2.24) is 5.32 Å². The van der Waals surface area contributed by atoms with Crippen LogP contribution in [0.5, 0.6) is 0 Å². The SMILES string of the molecule is CNC(CCC1CCCO1)c1cc2c(s1)CCCCC2. The molecular formula is C17H27NOS. The standard InChI is InChI=1S/C17H27NOS/c1-18-15(10-9-14-7-5-11-19-14)17-12-13-6-3-2-4-8-16(13)20-17/h12,14-15,18H,2-11H2,1H3. The van der Waals surface area contributed by atoms with Crippen molar-refractivity contribution in [1.29, 1.82) is 0 Å². The lowest BCUT2D eigenvalue weighted by atomic mass is 10.0. The van der Waals surface area contributed by atoms with Crippen LogP contribution in [0.4, 0.5) is 0 Å². The third-order valence-electron chi connectivity index (χ3n) is 4.76. The van der Waals surface area contributed by atoms with Gasteiger partial charge in [0.2, 0.25) is 0 Å². The van der Waals surface area contributed by atoms with E-state index in [-0.39, 0.29) is 0 Å². The van der Waals surface area contributed by atoms with E-state index in [0.29, 0.717) is 12.1 Å². The average Bonchev–Trinajstić information content (AvgIpc) is 3.06. The molecule has 2 atom stereocenters. The monoisotopic (exact) mass is 293 g/mol. The molecule has 0 aromatic carbocycles. The molecule has 0 bridgehead atoms. The minimum absolute atomic E-state index is 0.517. The highest BCUT2D eigenvalue weighted by atomic mass is 32.1. The minimum atomic E-state index is 0.517. The van der Waals surface area contributed by atoms with Crippen LogP contribution in [0.15, 0.2) is 6.07 Å². The fourth-order valence-electron chi connectivity index (χ4n) is 3.52. The number of rotatable bonds is 5. The van der Waals surface area contributed by atoms with E-state index in [0.717, 1.165) is 6.61 Å². The maximum Gasteiger partial charge on any atom is 0.0576 e. The summed E-state index contributed by atoms with van der Waals surface area (Å²) in [6, 6.07) is 3.01. The van der Waals surface area contributed by atoms with Crippen molar-refractivity contribution < 1.29 is 4.74 Å². The predicted molar refractivity (Wildman–Crippen MR) is 85.6 cm³/mol. The van der Waals surface area contributed by atoms with E-state index in [9.17, 15) is 0 Å². The summed E-state index contributed by atoms with van der Waals surface area (Å²) in [5.74, 6) is 0. The average molecular weight is 293 g/mol. The topological polar surface area (TPSA) is 21.3 Å². The fraction of sp³-hybridized carbons (Fsp3) is 0.765. The van der Waals surface area contributed by atoms with E-state index in [1.54, 1.807) is 15.3 Å². The molecule has 20 heavy (non-hydrogen) atoms. The van der Waals surface area contributed by atoms with E-state index in [4.69, 9.17) is 4.74 Å². The summed E-state index contributed by atoms with van der Waals surface area (Å²) in [5.41, 5.74) is 1.64. The number of nitrogens with one attached hydrogen (secondary N) is 1. The van der Waals surface area contributed by atoms with Gasteiger partial charge in [-0.05, 0) is 70.0 Å². The van der Waals surface area contributed by atoms with Crippen molar-refractivity contribution in [3.8, 4) is 0 Å². The van der Waals surface area contributed by atoms with Gasteiger partial charge in [-0.15, -0.1) is 11.3 Å². The van der Waals surface area contributed by atoms with Crippen LogP contribution >= 0.6 is 11.3 Å². The Morgan fingerprint density at radius 2 is 2.20 bits per heavy atom. The molecule has 2 unspecified atom stereocenters. The van der Waals surface area contributed by atoms with Gasteiger partial charge in [0, 0.05) is 22.4 Å². The van der Waals surface area contributed by atoms with Gasteiger partial charge >= 0.3 is 0 Å². The second-order valence-corrected chi connectivity index (χ2v) is 7.38. The molecule has 3 heteroatoms. The van der Waals surface area contributed by atoms with Gasteiger partial charge in [-0.3, -0.25) is 0 Å². The van der Waals surface area contributed by atoms with Gasteiger partial charge in [0.15, 0.2) is 0 Å². The predicted octanol–water partition coefficient (Wildman–Crippen LogP) is 4.24. The Morgan fingerprint density at radius 3 is 3.00 bits per heavy atom. The zero-order valence-corrected chi connectivity index (χ0v) is 13.4. The normalized spacial score (nSPS) is 24.4. The van der Waals surface area contributed by atoms with Gasteiger partial charge in [0.05, 0.1) is 6.10 Å². The highest BCUT2D eigenvalue weighted by Crippen LogP contribution is 2.34. The summed E-state index contributed by atoms with van der Waals surface area (Å²) < 4.78 is 5.76. The summed E-state index contributed by atoms with van der Waals surface area (Å²) in [4.78, 5) is 3.22. The lowest BCUT2D eigenvalue weighted by Gasteiger charge is -2.17. The van der Waals surface area contributed by atoms with Crippen molar-refractivity contribution in [2.24, 2.45) is 0 Å². The lowest BCUT2D eigenvalue weighted by Crippen LogP contribution is -2.17. The molecule has 1 saturated heterocycles. The first-order valence-electron chi connectivity index (χ1n) is 8.27. The zero-order chi connectivity index (χ0) is 13.8. The molecule has 2 nitrogen and oxygen atoms in total. The smallest absolute Gasteiger partial charge is 0.0576 e. The van der Waals surface area contributed by atoms with E-state index in [1.807, 2.05) is 0 Å². The Morgan fingerprint density at radius 1 is 1.30 bits per heavy atom. The van der Waals surface area contributed by atoms with Crippen LogP contribution in [0, 0.1) is 0 Å². The van der Waals surface area contributed by atoms with E-state index in [1.165, 1.54) is 57.8 Å². The highest BCUT2D eigenvalue weighted by molar-refractivity contribution is 7.12. The maximum atomic E-state index is 5.76. The van der Waals surface area contributed by atoms with Crippen molar-refractivity contribution in [3.63, 3.8) is 0 Å². The van der Waals surface area contributed by atoms with E-state index in [2.05, 4.69) is 29.8 Å². The number of fused-ring (bicyclic) bond motifs is 1. The summed E-state index contributed by atoms with van der Waals surface area (Å²) in [7, 11) is 2.10. The summed E-state index contributed by atoms with van der Waals surface area (Å²) in [5, 5.41) is 3.52. The highest BCUT2D eigenvalue weighted by Gasteiger charge is 2.21. The molecule has 0 radical (unpaired) electrons. The molecule has 0 amide bonds. The number of aryl methyl sites for hydroxylation is 2. The van der Waals surface area contributed by atoms with Gasteiger partial charge < -0.3 is 10.1 Å². The molecule has 1 fully saturated rings. The number of hydrogen-bond acceptors (Lipinski definition) is 3. The van der Waals surface area contributed by atoms with Crippen LogP contribution in [0.1, 0.15) is 66.3 Å². The molecular weight excluding hydrogens is 266 g/mol. The number of thiophene rings is 1. The minimum Gasteiger partial charge on any atom is -0.378 e. The van der Waals surface area contributed by atoms with Crippen LogP contribution in [0.2, 0.25) is 0 Å². The van der Waals surface area contributed by atoms with Crippen LogP contribution < -0.4 is 5.32 Å². The second-order valence-electron chi connectivity index (χ2n) is 6.21. The maximum absolute atomic E-state index is 5.76. The molecule has 1 aliphatic carbocycles. The van der Waals surface area contributed by atoms with Crippen molar-refractivity contribution in [2.45, 2.75) is 69.9 Å². The summed E-state index contributed by atoms with van der Waals surface area (Å²) in [6.07, 6.45) is 12.2. The van der Waals surface area contributed by atoms with Crippen molar-refractivity contribution in [3.05, 3.63) is 21.4 Å². The van der Waals surface area contributed by atoms with Crippen LogP contribution in [-0.4, -0.2) is 19.8 Å².